The predicted molar refractivity (Wildman–Crippen MR) is 75.4 cm³/mol. The fourth-order valence-electron chi connectivity index (χ4n) is 1.71. The Balaban J connectivity index is 1.90. The van der Waals surface area contributed by atoms with E-state index in [2.05, 4.69) is 10.3 Å². The molecule has 7 heteroatoms. The molecule has 5 nitrogen and oxygen atoms in total. The summed E-state index contributed by atoms with van der Waals surface area (Å²) in [5.41, 5.74) is 0. The molecule has 0 aromatic carbocycles. The molecule has 1 aliphatic rings. The number of halogens is 1. The monoisotopic (exact) mass is 301 g/mol. The third-order valence-electron chi connectivity index (χ3n) is 2.84. The van der Waals surface area contributed by atoms with Gasteiger partial charge < -0.3 is 10.2 Å². The minimum Gasteiger partial charge on any atom is -0.332 e. The quantitative estimate of drug-likeness (QED) is 0.817. The van der Waals surface area contributed by atoms with Gasteiger partial charge in [0, 0.05) is 18.1 Å². The lowest BCUT2D eigenvalue weighted by molar-refractivity contribution is -0.134. The Hall–Kier alpha value is -1.14. The summed E-state index contributed by atoms with van der Waals surface area (Å²) in [7, 11) is 0. The summed E-state index contributed by atoms with van der Waals surface area (Å²) in [4.78, 5) is 29.3. The summed E-state index contributed by atoms with van der Waals surface area (Å²) in [6.45, 7) is 2.27. The second-order valence-corrected chi connectivity index (χ2v) is 6.21. The molecule has 1 N–H and O–H groups in total. The van der Waals surface area contributed by atoms with Crippen LogP contribution in [-0.4, -0.2) is 40.2 Å². The van der Waals surface area contributed by atoms with E-state index in [0.717, 1.165) is 12.8 Å². The van der Waals surface area contributed by atoms with Crippen molar-refractivity contribution < 1.29 is 9.59 Å². The Morgan fingerprint density at radius 2 is 2.37 bits per heavy atom. The molecule has 0 unspecified atom stereocenters. The number of carbonyl (C=O) groups excluding carboxylic acids is 2. The molecule has 1 fully saturated rings. The SMILES string of the molecule is C[C@H](Cl)C(=O)N(CC(=O)Nc1nccs1)CC1CC1. The van der Waals surface area contributed by atoms with Crippen molar-refractivity contribution in [2.45, 2.75) is 25.1 Å². The van der Waals surface area contributed by atoms with Crippen molar-refractivity contribution in [2.24, 2.45) is 5.92 Å². The molecule has 1 heterocycles. The number of amides is 2. The van der Waals surface area contributed by atoms with Crippen LogP contribution in [0.15, 0.2) is 11.6 Å². The molecule has 2 amide bonds. The molecule has 1 aliphatic carbocycles. The Morgan fingerprint density at radius 3 is 2.89 bits per heavy atom. The first-order valence-corrected chi connectivity index (χ1v) is 7.50. The topological polar surface area (TPSA) is 62.3 Å². The van der Waals surface area contributed by atoms with E-state index in [9.17, 15) is 9.59 Å². The second kappa shape index (κ2) is 6.34. The van der Waals surface area contributed by atoms with Gasteiger partial charge in [0.15, 0.2) is 5.13 Å². The number of hydrogen-bond acceptors (Lipinski definition) is 4. The van der Waals surface area contributed by atoms with E-state index in [1.807, 2.05) is 0 Å². The Morgan fingerprint density at radius 1 is 1.63 bits per heavy atom. The molecule has 104 valence electrons. The van der Waals surface area contributed by atoms with Crippen LogP contribution in [0.3, 0.4) is 0 Å². The molecule has 1 aromatic heterocycles. The van der Waals surface area contributed by atoms with Gasteiger partial charge >= 0.3 is 0 Å². The van der Waals surface area contributed by atoms with Crippen LogP contribution in [0, 0.1) is 5.92 Å². The van der Waals surface area contributed by atoms with Gasteiger partial charge in [0.1, 0.15) is 5.38 Å². The van der Waals surface area contributed by atoms with Crippen molar-refractivity contribution >= 4 is 39.9 Å². The maximum absolute atomic E-state index is 11.9. The minimum absolute atomic E-state index is 0.0337. The molecule has 1 saturated carbocycles. The van der Waals surface area contributed by atoms with Crippen LogP contribution in [0.25, 0.3) is 0 Å². The highest BCUT2D eigenvalue weighted by atomic mass is 35.5. The molecule has 19 heavy (non-hydrogen) atoms. The molecule has 0 spiro atoms. The van der Waals surface area contributed by atoms with Gasteiger partial charge in [0.2, 0.25) is 11.8 Å². The van der Waals surface area contributed by atoms with Crippen LogP contribution in [-0.2, 0) is 9.59 Å². The van der Waals surface area contributed by atoms with E-state index in [-0.39, 0.29) is 18.4 Å². The third-order valence-corrected chi connectivity index (χ3v) is 3.72. The Bertz CT molecular complexity index is 446. The molecule has 0 saturated heterocycles. The van der Waals surface area contributed by atoms with Gasteiger partial charge in [-0.25, -0.2) is 4.98 Å². The number of carbonyl (C=O) groups is 2. The average Bonchev–Trinajstić information content (AvgIpc) is 3.02. The van der Waals surface area contributed by atoms with E-state index in [4.69, 9.17) is 11.6 Å². The van der Waals surface area contributed by atoms with Crippen LogP contribution >= 0.6 is 22.9 Å². The molecule has 0 bridgehead atoms. The van der Waals surface area contributed by atoms with Gasteiger partial charge in [-0.1, -0.05) is 0 Å². The molecule has 0 aliphatic heterocycles. The van der Waals surface area contributed by atoms with Crippen molar-refractivity contribution in [3.05, 3.63) is 11.6 Å². The highest BCUT2D eigenvalue weighted by molar-refractivity contribution is 7.13. The van der Waals surface area contributed by atoms with Gasteiger partial charge in [-0.2, -0.15) is 0 Å². The maximum atomic E-state index is 11.9. The number of nitrogens with one attached hydrogen (secondary N) is 1. The lowest BCUT2D eigenvalue weighted by Gasteiger charge is -2.23. The van der Waals surface area contributed by atoms with Crippen LogP contribution in [0.1, 0.15) is 19.8 Å². The summed E-state index contributed by atoms with van der Waals surface area (Å²) in [5, 5.41) is 4.39. The van der Waals surface area contributed by atoms with Crippen molar-refractivity contribution in [3.63, 3.8) is 0 Å². The van der Waals surface area contributed by atoms with E-state index < -0.39 is 5.38 Å². The van der Waals surface area contributed by atoms with E-state index in [1.54, 1.807) is 18.5 Å². The Labute approximate surface area is 121 Å². The number of alkyl halides is 1. The minimum atomic E-state index is -0.605. The number of anilines is 1. The van der Waals surface area contributed by atoms with Crippen molar-refractivity contribution in [1.82, 2.24) is 9.88 Å². The second-order valence-electron chi connectivity index (χ2n) is 4.66. The fourth-order valence-corrected chi connectivity index (χ4v) is 2.40. The van der Waals surface area contributed by atoms with Crippen molar-refractivity contribution in [3.8, 4) is 0 Å². The highest BCUT2D eigenvalue weighted by Crippen LogP contribution is 2.30. The van der Waals surface area contributed by atoms with Crippen LogP contribution < -0.4 is 5.32 Å². The zero-order valence-corrected chi connectivity index (χ0v) is 12.2. The molecule has 1 atom stereocenters. The maximum Gasteiger partial charge on any atom is 0.245 e. The first-order chi connectivity index (χ1) is 9.06. The highest BCUT2D eigenvalue weighted by Gasteiger charge is 2.29. The van der Waals surface area contributed by atoms with Crippen LogP contribution in [0.4, 0.5) is 5.13 Å². The average molecular weight is 302 g/mol. The van der Waals surface area contributed by atoms with E-state index >= 15 is 0 Å². The summed E-state index contributed by atoms with van der Waals surface area (Å²) in [6, 6.07) is 0. The molecular formula is C12H16ClN3O2S. The molecular weight excluding hydrogens is 286 g/mol. The van der Waals surface area contributed by atoms with Gasteiger partial charge in [0.05, 0.1) is 6.54 Å². The smallest absolute Gasteiger partial charge is 0.245 e. The zero-order valence-electron chi connectivity index (χ0n) is 10.6. The Kier molecular flexibility index (Phi) is 4.76. The van der Waals surface area contributed by atoms with Crippen molar-refractivity contribution in [2.75, 3.05) is 18.4 Å². The van der Waals surface area contributed by atoms with E-state index in [1.165, 1.54) is 16.2 Å². The number of thiazole rings is 1. The van der Waals surface area contributed by atoms with Crippen LogP contribution in [0.2, 0.25) is 0 Å². The standard InChI is InChI=1S/C12H16ClN3O2S/c1-8(13)11(18)16(6-9-2-3-9)7-10(17)15-12-14-4-5-19-12/h4-5,8-9H,2-3,6-7H2,1H3,(H,14,15,17)/t8-/m0/s1. The summed E-state index contributed by atoms with van der Waals surface area (Å²) in [6.07, 6.45) is 3.86. The first kappa shape index (κ1) is 14.3. The predicted octanol–water partition coefficient (Wildman–Crippen LogP) is 1.95. The van der Waals surface area contributed by atoms with E-state index in [0.29, 0.717) is 17.6 Å². The summed E-state index contributed by atoms with van der Waals surface area (Å²) < 4.78 is 0. The van der Waals surface area contributed by atoms with Crippen molar-refractivity contribution in [1.29, 1.82) is 0 Å². The molecule has 0 radical (unpaired) electrons. The number of aromatic nitrogens is 1. The lowest BCUT2D eigenvalue weighted by Crippen LogP contribution is -2.42. The normalized spacial score (nSPS) is 15.9. The van der Waals surface area contributed by atoms with Gasteiger partial charge in [-0.05, 0) is 25.7 Å². The summed E-state index contributed by atoms with van der Waals surface area (Å²) in [5.74, 6) is 0.0937. The molecule has 1 aromatic rings. The number of rotatable bonds is 6. The third kappa shape index (κ3) is 4.47. The fraction of sp³-hybridized carbons (Fsp3) is 0.583. The van der Waals surface area contributed by atoms with Crippen LogP contribution in [0.5, 0.6) is 0 Å². The molecule has 2 rings (SSSR count). The van der Waals surface area contributed by atoms with Gasteiger partial charge in [-0.15, -0.1) is 22.9 Å². The van der Waals surface area contributed by atoms with Gasteiger partial charge in [0.25, 0.3) is 0 Å². The zero-order chi connectivity index (χ0) is 13.8. The largest absolute Gasteiger partial charge is 0.332 e. The van der Waals surface area contributed by atoms with Gasteiger partial charge in [-0.3, -0.25) is 9.59 Å². The number of nitrogens with zero attached hydrogens (tertiary/aromatic N) is 2. The summed E-state index contributed by atoms with van der Waals surface area (Å²) >= 11 is 7.17. The number of hydrogen-bond donors (Lipinski definition) is 1. The first-order valence-electron chi connectivity index (χ1n) is 6.18. The lowest BCUT2D eigenvalue weighted by atomic mass is 10.3.